The number of fused-ring (bicyclic) bond motifs is 1. The quantitative estimate of drug-likeness (QED) is 0.238. The molecule has 0 saturated carbocycles. The molecule has 40 heavy (non-hydrogen) atoms. The maximum absolute atomic E-state index is 13.6. The lowest BCUT2D eigenvalue weighted by atomic mass is 10.0. The van der Waals surface area contributed by atoms with Gasteiger partial charge >= 0.3 is 0 Å². The van der Waals surface area contributed by atoms with E-state index in [1.165, 1.54) is 7.11 Å². The third kappa shape index (κ3) is 5.42. The number of pyridine rings is 1. The highest BCUT2D eigenvalue weighted by Gasteiger charge is 2.19. The van der Waals surface area contributed by atoms with Gasteiger partial charge in [-0.2, -0.15) is 0 Å². The third-order valence-corrected chi connectivity index (χ3v) is 6.34. The number of para-hydroxylation sites is 2. The van der Waals surface area contributed by atoms with Gasteiger partial charge in [-0.25, -0.2) is 4.98 Å². The first-order valence-electron chi connectivity index (χ1n) is 12.5. The number of rotatable bonds is 8. The lowest BCUT2D eigenvalue weighted by Gasteiger charge is -2.15. The maximum atomic E-state index is 13.6. The Kier molecular flexibility index (Phi) is 7.59. The molecule has 0 unspecified atom stereocenters. The van der Waals surface area contributed by atoms with Gasteiger partial charge in [0.05, 0.1) is 38.1 Å². The molecule has 0 aliphatic carbocycles. The second kappa shape index (κ2) is 11.6. The van der Waals surface area contributed by atoms with Gasteiger partial charge in [0.1, 0.15) is 0 Å². The van der Waals surface area contributed by atoms with Crippen LogP contribution in [0.25, 0.3) is 22.2 Å². The molecule has 0 saturated heterocycles. The lowest BCUT2D eigenvalue weighted by Crippen LogP contribution is -2.15. The highest BCUT2D eigenvalue weighted by molar-refractivity contribution is 6.13. The van der Waals surface area contributed by atoms with Crippen LogP contribution in [0.2, 0.25) is 0 Å². The van der Waals surface area contributed by atoms with Gasteiger partial charge in [-0.05, 0) is 54.6 Å². The van der Waals surface area contributed by atoms with Crippen molar-refractivity contribution in [3.8, 4) is 28.5 Å². The number of carbonyl (C=O) groups is 2. The molecule has 8 nitrogen and oxygen atoms in total. The van der Waals surface area contributed by atoms with Crippen LogP contribution in [0.15, 0.2) is 97.1 Å². The number of benzene rings is 4. The van der Waals surface area contributed by atoms with E-state index in [1.54, 1.807) is 56.7 Å². The Labute approximate surface area is 231 Å². The van der Waals surface area contributed by atoms with Gasteiger partial charge in [0.25, 0.3) is 11.8 Å². The van der Waals surface area contributed by atoms with Crippen LogP contribution < -0.4 is 24.8 Å². The van der Waals surface area contributed by atoms with Crippen molar-refractivity contribution >= 4 is 34.1 Å². The van der Waals surface area contributed by atoms with Gasteiger partial charge in [0.2, 0.25) is 5.75 Å². The Bertz CT molecular complexity index is 1680. The Morgan fingerprint density at radius 1 is 0.650 bits per heavy atom. The minimum absolute atomic E-state index is 0.277. The normalized spacial score (nSPS) is 10.6. The summed E-state index contributed by atoms with van der Waals surface area (Å²) < 4.78 is 16.5. The van der Waals surface area contributed by atoms with Crippen molar-refractivity contribution in [3.63, 3.8) is 0 Å². The number of nitrogens with zero attached hydrogens (tertiary/aromatic N) is 1. The summed E-state index contributed by atoms with van der Waals surface area (Å²) in [4.78, 5) is 31.2. The molecule has 2 N–H and O–H groups in total. The molecule has 0 spiro atoms. The molecule has 200 valence electrons. The van der Waals surface area contributed by atoms with Crippen molar-refractivity contribution in [1.82, 2.24) is 4.98 Å². The topological polar surface area (TPSA) is 98.8 Å². The highest BCUT2D eigenvalue weighted by Crippen LogP contribution is 2.41. The van der Waals surface area contributed by atoms with E-state index < -0.39 is 0 Å². The van der Waals surface area contributed by atoms with Crippen LogP contribution in [0.5, 0.6) is 17.2 Å². The first kappa shape index (κ1) is 26.2. The van der Waals surface area contributed by atoms with E-state index in [9.17, 15) is 9.59 Å². The molecule has 0 fully saturated rings. The van der Waals surface area contributed by atoms with Gasteiger partial charge in [-0.3, -0.25) is 9.59 Å². The van der Waals surface area contributed by atoms with E-state index in [2.05, 4.69) is 10.6 Å². The van der Waals surface area contributed by atoms with Crippen molar-refractivity contribution < 1.29 is 23.8 Å². The summed E-state index contributed by atoms with van der Waals surface area (Å²) >= 11 is 0. The van der Waals surface area contributed by atoms with Crippen molar-refractivity contribution in [1.29, 1.82) is 0 Å². The van der Waals surface area contributed by atoms with Gasteiger partial charge in [0, 0.05) is 27.9 Å². The average Bonchev–Trinajstić information content (AvgIpc) is 3.00. The monoisotopic (exact) mass is 533 g/mol. The van der Waals surface area contributed by atoms with Crippen LogP contribution in [-0.2, 0) is 0 Å². The number of aromatic nitrogens is 1. The summed E-state index contributed by atoms with van der Waals surface area (Å²) in [5, 5.41) is 6.48. The van der Waals surface area contributed by atoms with Crippen molar-refractivity contribution in [2.75, 3.05) is 32.0 Å². The summed E-state index contributed by atoms with van der Waals surface area (Å²) in [6.45, 7) is 0. The van der Waals surface area contributed by atoms with E-state index in [0.29, 0.717) is 61.9 Å². The molecule has 4 aromatic carbocycles. The highest BCUT2D eigenvalue weighted by atomic mass is 16.5. The van der Waals surface area contributed by atoms with Crippen LogP contribution in [0, 0.1) is 0 Å². The van der Waals surface area contributed by atoms with Crippen LogP contribution >= 0.6 is 0 Å². The molecular weight excluding hydrogens is 506 g/mol. The van der Waals surface area contributed by atoms with E-state index >= 15 is 0 Å². The molecule has 5 rings (SSSR count). The first-order valence-corrected chi connectivity index (χ1v) is 12.5. The van der Waals surface area contributed by atoms with Crippen molar-refractivity contribution in [2.24, 2.45) is 0 Å². The van der Waals surface area contributed by atoms with Gasteiger partial charge in [0.15, 0.2) is 11.5 Å². The molecule has 0 atom stereocenters. The molecule has 0 aliphatic rings. The molecule has 0 radical (unpaired) electrons. The molecule has 0 bridgehead atoms. The standard InChI is InChI=1S/C32H27N3O5/c1-38-28-17-21(18-29(39-2)30(28)40-3)27-19-25(24-14-7-8-15-26(24)35-27)32(37)34-23-13-9-10-20(16-23)31(36)33-22-11-5-4-6-12-22/h4-19H,1-3H3,(H,33,36)(H,34,37). The number of hydrogen-bond acceptors (Lipinski definition) is 6. The number of anilines is 2. The summed E-state index contributed by atoms with van der Waals surface area (Å²) in [6, 6.07) is 28.7. The summed E-state index contributed by atoms with van der Waals surface area (Å²) in [5.74, 6) is 0.796. The Balaban J connectivity index is 1.49. The molecule has 8 heteroatoms. The minimum atomic E-state index is -0.340. The SMILES string of the molecule is COc1cc(-c2cc(C(=O)Nc3cccc(C(=O)Nc4ccccc4)c3)c3ccccc3n2)cc(OC)c1OC. The summed E-state index contributed by atoms with van der Waals surface area (Å²) in [5.41, 5.74) is 3.90. The molecule has 0 aliphatic heterocycles. The Morgan fingerprint density at radius 2 is 1.30 bits per heavy atom. The smallest absolute Gasteiger partial charge is 0.256 e. The van der Waals surface area contributed by atoms with E-state index in [1.807, 2.05) is 54.6 Å². The van der Waals surface area contributed by atoms with Crippen LogP contribution in [-0.4, -0.2) is 38.1 Å². The summed E-state index contributed by atoms with van der Waals surface area (Å²) in [7, 11) is 4.63. The second-order valence-corrected chi connectivity index (χ2v) is 8.84. The molecule has 5 aromatic rings. The number of amides is 2. The largest absolute Gasteiger partial charge is 0.493 e. The van der Waals surface area contributed by atoms with Crippen LogP contribution in [0.4, 0.5) is 11.4 Å². The van der Waals surface area contributed by atoms with Crippen molar-refractivity contribution in [3.05, 3.63) is 108 Å². The number of ether oxygens (including phenoxy) is 3. The fourth-order valence-corrected chi connectivity index (χ4v) is 4.40. The Hall–Kier alpha value is -5.37. The predicted octanol–water partition coefficient (Wildman–Crippen LogP) is 6.43. The number of nitrogens with one attached hydrogen (secondary N) is 2. The number of methoxy groups -OCH3 is 3. The first-order chi connectivity index (χ1) is 19.5. The number of hydrogen-bond donors (Lipinski definition) is 2. The predicted molar refractivity (Wildman–Crippen MR) is 156 cm³/mol. The van der Waals surface area contributed by atoms with E-state index in [-0.39, 0.29) is 11.8 Å². The lowest BCUT2D eigenvalue weighted by molar-refractivity contribution is 0.101. The third-order valence-electron chi connectivity index (χ3n) is 6.34. The minimum Gasteiger partial charge on any atom is -0.493 e. The fraction of sp³-hybridized carbons (Fsp3) is 0.0938. The van der Waals surface area contributed by atoms with Gasteiger partial charge in [-0.1, -0.05) is 42.5 Å². The fourth-order valence-electron chi connectivity index (χ4n) is 4.40. The van der Waals surface area contributed by atoms with Crippen LogP contribution in [0.1, 0.15) is 20.7 Å². The van der Waals surface area contributed by atoms with E-state index in [0.717, 1.165) is 0 Å². The zero-order valence-corrected chi connectivity index (χ0v) is 22.2. The van der Waals surface area contributed by atoms with Gasteiger partial charge < -0.3 is 24.8 Å². The molecule has 1 aromatic heterocycles. The molecule has 1 heterocycles. The van der Waals surface area contributed by atoms with Crippen molar-refractivity contribution in [2.45, 2.75) is 0 Å². The average molecular weight is 534 g/mol. The number of carbonyl (C=O) groups excluding carboxylic acids is 2. The molecule has 2 amide bonds. The zero-order chi connectivity index (χ0) is 28.1. The molecular formula is C32H27N3O5. The maximum Gasteiger partial charge on any atom is 0.256 e. The summed E-state index contributed by atoms with van der Waals surface area (Å²) in [6.07, 6.45) is 0. The second-order valence-electron chi connectivity index (χ2n) is 8.84. The zero-order valence-electron chi connectivity index (χ0n) is 22.2. The van der Waals surface area contributed by atoms with E-state index in [4.69, 9.17) is 19.2 Å². The van der Waals surface area contributed by atoms with Crippen LogP contribution in [0.3, 0.4) is 0 Å². The van der Waals surface area contributed by atoms with Gasteiger partial charge in [-0.15, -0.1) is 0 Å². The Morgan fingerprint density at radius 3 is 2.00 bits per heavy atom.